The number of carbonyl (C=O) groups is 1. The highest BCUT2D eigenvalue weighted by molar-refractivity contribution is 14.0. The Bertz CT molecular complexity index is 560. The van der Waals surface area contributed by atoms with Crippen molar-refractivity contribution in [1.29, 1.82) is 0 Å². The predicted molar refractivity (Wildman–Crippen MR) is 116 cm³/mol. The quantitative estimate of drug-likeness (QED) is 0.205. The number of esters is 1. The number of aryl methyl sites for hydroxylation is 2. The molecule has 25 heavy (non-hydrogen) atoms. The Morgan fingerprint density at radius 2 is 1.72 bits per heavy atom. The molecule has 0 fully saturated rings. The number of nitrogens with two attached hydrogens (primary N) is 1. The third kappa shape index (κ3) is 11.8. The Morgan fingerprint density at radius 1 is 1.12 bits per heavy atom. The number of guanidine groups is 1. The van der Waals surface area contributed by atoms with Gasteiger partial charge in [-0.25, -0.2) is 0 Å². The molecule has 1 aromatic carbocycles. The Morgan fingerprint density at radius 3 is 2.28 bits per heavy atom. The maximum absolute atomic E-state index is 11.6. The van der Waals surface area contributed by atoms with E-state index in [4.69, 9.17) is 10.5 Å². The number of ether oxygens (including phenoxy) is 1. The monoisotopic (exact) mass is 461 g/mol. The largest absolute Gasteiger partial charge is 0.460 e. The molecule has 0 aromatic heterocycles. The van der Waals surface area contributed by atoms with Crippen LogP contribution in [0.3, 0.4) is 0 Å². The van der Waals surface area contributed by atoms with Gasteiger partial charge < -0.3 is 15.8 Å². The Kier molecular flexibility index (Phi) is 10.7. The van der Waals surface area contributed by atoms with E-state index in [9.17, 15) is 4.79 Å². The van der Waals surface area contributed by atoms with Gasteiger partial charge in [0.05, 0.1) is 0 Å². The molecule has 0 amide bonds. The van der Waals surface area contributed by atoms with Crippen LogP contribution in [-0.4, -0.2) is 24.1 Å². The van der Waals surface area contributed by atoms with Gasteiger partial charge in [-0.15, -0.1) is 24.0 Å². The van der Waals surface area contributed by atoms with Gasteiger partial charge in [0.25, 0.3) is 0 Å². The number of nitrogens with one attached hydrogen (secondary N) is 1. The lowest BCUT2D eigenvalue weighted by Crippen LogP contribution is -2.23. The van der Waals surface area contributed by atoms with Gasteiger partial charge in [0.1, 0.15) is 5.60 Å². The molecule has 0 unspecified atom stereocenters. The third-order valence-corrected chi connectivity index (χ3v) is 3.24. The summed E-state index contributed by atoms with van der Waals surface area (Å²) in [5, 5.41) is 3.11. The van der Waals surface area contributed by atoms with Gasteiger partial charge in [0.2, 0.25) is 0 Å². The molecule has 0 aliphatic carbocycles. The molecule has 142 valence electrons. The summed E-state index contributed by atoms with van der Waals surface area (Å²) >= 11 is 0. The molecule has 1 aromatic rings. The SMILES string of the molecule is Cc1cc(C)cc(NC(N)=NCCCCCC(=O)OC(C)(C)C)c1.I. The highest BCUT2D eigenvalue weighted by Gasteiger charge is 2.15. The van der Waals surface area contributed by atoms with Crippen LogP contribution in [0.15, 0.2) is 23.2 Å². The third-order valence-electron chi connectivity index (χ3n) is 3.24. The minimum absolute atomic E-state index is 0. The zero-order chi connectivity index (χ0) is 18.2. The smallest absolute Gasteiger partial charge is 0.306 e. The lowest BCUT2D eigenvalue weighted by molar-refractivity contribution is -0.154. The molecule has 6 heteroatoms. The second kappa shape index (κ2) is 11.3. The fourth-order valence-corrected chi connectivity index (χ4v) is 2.38. The van der Waals surface area contributed by atoms with E-state index in [1.165, 1.54) is 11.1 Å². The minimum Gasteiger partial charge on any atom is -0.460 e. The van der Waals surface area contributed by atoms with Crippen molar-refractivity contribution in [3.63, 3.8) is 0 Å². The summed E-state index contributed by atoms with van der Waals surface area (Å²) in [7, 11) is 0. The highest BCUT2D eigenvalue weighted by Crippen LogP contribution is 2.13. The molecule has 0 radical (unpaired) electrons. The Balaban J connectivity index is 0.00000576. The summed E-state index contributed by atoms with van der Waals surface area (Å²) in [5.74, 6) is 0.286. The number of benzene rings is 1. The molecule has 0 heterocycles. The van der Waals surface area contributed by atoms with Crippen LogP contribution in [0.25, 0.3) is 0 Å². The van der Waals surface area contributed by atoms with Gasteiger partial charge in [0.15, 0.2) is 5.96 Å². The first kappa shape index (κ1) is 23.7. The molecular formula is C19H32IN3O2. The average Bonchev–Trinajstić information content (AvgIpc) is 2.39. The van der Waals surface area contributed by atoms with E-state index in [0.717, 1.165) is 24.9 Å². The summed E-state index contributed by atoms with van der Waals surface area (Å²) < 4.78 is 5.27. The zero-order valence-electron chi connectivity index (χ0n) is 16.0. The molecule has 0 bridgehead atoms. The summed E-state index contributed by atoms with van der Waals surface area (Å²) in [5.41, 5.74) is 8.83. The fraction of sp³-hybridized carbons (Fsp3) is 0.579. The molecule has 0 saturated heterocycles. The maximum Gasteiger partial charge on any atom is 0.306 e. The molecule has 3 N–H and O–H groups in total. The molecule has 0 spiro atoms. The summed E-state index contributed by atoms with van der Waals surface area (Å²) in [4.78, 5) is 15.9. The van der Waals surface area contributed by atoms with Gasteiger partial charge in [0, 0.05) is 18.7 Å². The van der Waals surface area contributed by atoms with Gasteiger partial charge in [-0.3, -0.25) is 9.79 Å². The molecule has 0 atom stereocenters. The van der Waals surface area contributed by atoms with Gasteiger partial charge in [-0.05, 0) is 70.7 Å². The number of rotatable bonds is 7. The first-order chi connectivity index (χ1) is 11.2. The standard InChI is InChI=1S/C19H31N3O2.HI/c1-14-11-15(2)13-16(12-14)22-18(20)21-10-8-6-7-9-17(23)24-19(3,4)5;/h11-13H,6-10H2,1-5H3,(H3,20,21,22);1H. The number of nitrogens with zero attached hydrogens (tertiary/aromatic N) is 1. The average molecular weight is 461 g/mol. The first-order valence-corrected chi connectivity index (χ1v) is 8.53. The van der Waals surface area contributed by atoms with Crippen LogP contribution in [0.5, 0.6) is 0 Å². The van der Waals surface area contributed by atoms with Crippen LogP contribution >= 0.6 is 24.0 Å². The van der Waals surface area contributed by atoms with Crippen LogP contribution in [0.4, 0.5) is 5.69 Å². The number of hydrogen-bond acceptors (Lipinski definition) is 3. The minimum atomic E-state index is -0.407. The lowest BCUT2D eigenvalue weighted by atomic mass is 10.1. The van der Waals surface area contributed by atoms with Crippen molar-refractivity contribution < 1.29 is 9.53 Å². The van der Waals surface area contributed by atoms with Crippen LogP contribution < -0.4 is 11.1 Å². The van der Waals surface area contributed by atoms with Crippen molar-refractivity contribution in [2.75, 3.05) is 11.9 Å². The summed E-state index contributed by atoms with van der Waals surface area (Å²) in [6.45, 7) is 10.4. The number of halogens is 1. The van der Waals surface area contributed by atoms with E-state index < -0.39 is 5.60 Å². The Hall–Kier alpha value is -1.31. The van der Waals surface area contributed by atoms with Crippen molar-refractivity contribution in [1.82, 2.24) is 0 Å². The van der Waals surface area contributed by atoms with Crippen molar-refractivity contribution in [2.45, 2.75) is 65.9 Å². The number of carbonyl (C=O) groups excluding carboxylic acids is 1. The van der Waals surface area contributed by atoms with Crippen LogP contribution in [0, 0.1) is 13.8 Å². The van der Waals surface area contributed by atoms with Crippen LogP contribution in [0.1, 0.15) is 57.6 Å². The van der Waals surface area contributed by atoms with E-state index in [1.807, 2.05) is 32.9 Å². The van der Waals surface area contributed by atoms with Gasteiger partial charge in [-0.1, -0.05) is 12.5 Å². The number of unbranched alkanes of at least 4 members (excludes halogenated alkanes) is 2. The predicted octanol–water partition coefficient (Wildman–Crippen LogP) is 4.55. The summed E-state index contributed by atoms with van der Waals surface area (Å²) in [6, 6.07) is 6.19. The lowest BCUT2D eigenvalue weighted by Gasteiger charge is -2.19. The van der Waals surface area contributed by atoms with E-state index in [2.05, 4.69) is 30.2 Å². The molecule has 0 saturated carbocycles. The number of anilines is 1. The Labute approximate surface area is 168 Å². The number of hydrogen-bond donors (Lipinski definition) is 2. The molecular weight excluding hydrogens is 429 g/mol. The maximum atomic E-state index is 11.6. The van der Waals surface area contributed by atoms with Crippen LogP contribution in [0.2, 0.25) is 0 Å². The molecule has 1 rings (SSSR count). The second-order valence-electron chi connectivity index (χ2n) is 7.17. The van der Waals surface area contributed by atoms with E-state index in [1.54, 1.807) is 0 Å². The normalized spacial score (nSPS) is 11.6. The highest BCUT2D eigenvalue weighted by atomic mass is 127. The fourth-order valence-electron chi connectivity index (χ4n) is 2.38. The molecule has 5 nitrogen and oxygen atoms in total. The van der Waals surface area contributed by atoms with E-state index in [0.29, 0.717) is 18.9 Å². The molecule has 0 aliphatic heterocycles. The van der Waals surface area contributed by atoms with Crippen molar-refractivity contribution in [2.24, 2.45) is 10.7 Å². The van der Waals surface area contributed by atoms with Crippen molar-refractivity contribution >= 4 is 41.6 Å². The molecule has 0 aliphatic rings. The van der Waals surface area contributed by atoms with Gasteiger partial charge in [-0.2, -0.15) is 0 Å². The van der Waals surface area contributed by atoms with Crippen molar-refractivity contribution in [3.05, 3.63) is 29.3 Å². The second-order valence-corrected chi connectivity index (χ2v) is 7.17. The zero-order valence-corrected chi connectivity index (χ0v) is 18.3. The van der Waals surface area contributed by atoms with E-state index >= 15 is 0 Å². The first-order valence-electron chi connectivity index (χ1n) is 8.53. The summed E-state index contributed by atoms with van der Waals surface area (Å²) in [6.07, 6.45) is 3.10. The number of aliphatic imine (C=N–C) groups is 1. The topological polar surface area (TPSA) is 76.7 Å². The van der Waals surface area contributed by atoms with Crippen LogP contribution in [-0.2, 0) is 9.53 Å². The van der Waals surface area contributed by atoms with Gasteiger partial charge >= 0.3 is 5.97 Å². The van der Waals surface area contributed by atoms with E-state index in [-0.39, 0.29) is 29.9 Å². The van der Waals surface area contributed by atoms with Crippen molar-refractivity contribution in [3.8, 4) is 0 Å².